The first kappa shape index (κ1) is 22.0. The van der Waals surface area contributed by atoms with Gasteiger partial charge < -0.3 is 9.69 Å². The van der Waals surface area contributed by atoms with E-state index in [0.717, 1.165) is 68.6 Å². The van der Waals surface area contributed by atoms with Gasteiger partial charge in [0.15, 0.2) is 0 Å². The van der Waals surface area contributed by atoms with E-state index in [4.69, 9.17) is 11.6 Å². The quantitative estimate of drug-likeness (QED) is 0.493. The van der Waals surface area contributed by atoms with E-state index in [1.165, 1.54) is 11.1 Å². The normalized spacial score (nSPS) is 24.0. The van der Waals surface area contributed by atoms with Crippen molar-refractivity contribution in [3.8, 4) is 5.69 Å². The van der Waals surface area contributed by atoms with Gasteiger partial charge in [0.2, 0.25) is 0 Å². The maximum Gasteiger partial charge on any atom is 0.282 e. The topological polar surface area (TPSA) is 55.2 Å². The number of benzene rings is 2. The predicted octanol–water partition coefficient (Wildman–Crippen LogP) is 5.08. The van der Waals surface area contributed by atoms with Crippen LogP contribution in [0.3, 0.4) is 0 Å². The molecule has 1 aliphatic carbocycles. The fourth-order valence-corrected chi connectivity index (χ4v) is 6.64. The van der Waals surface area contributed by atoms with Crippen molar-refractivity contribution in [3.05, 3.63) is 68.7 Å². The van der Waals surface area contributed by atoms with Crippen LogP contribution in [0.2, 0.25) is 5.02 Å². The van der Waals surface area contributed by atoms with Crippen molar-refractivity contribution in [3.63, 3.8) is 0 Å². The molecule has 6 rings (SSSR count). The van der Waals surface area contributed by atoms with Crippen LogP contribution in [0.15, 0.2) is 41.2 Å². The van der Waals surface area contributed by atoms with E-state index >= 15 is 0 Å². The van der Waals surface area contributed by atoms with Crippen LogP contribution in [0.5, 0.6) is 0 Å². The average molecular weight is 476 g/mol. The number of likely N-dealkylation sites (tertiary alicyclic amines) is 1. The summed E-state index contributed by atoms with van der Waals surface area (Å²) in [4.78, 5) is 30.8. The standard InChI is InChI=1S/C28H30ClN3O2/c1-28(2)21-7-6-20(19-8-10-31(11-9-19)15-17-12-18(13-17)16-33)14-24(21)32-23-5-3-4-22(29)25(23)26(34)30-27(28)32/h3-7,14,16-19H,8-13,15H2,1-2H3. The second-order valence-electron chi connectivity index (χ2n) is 10.9. The van der Waals surface area contributed by atoms with Crippen molar-refractivity contribution in [1.29, 1.82) is 0 Å². The minimum atomic E-state index is -0.352. The zero-order valence-electron chi connectivity index (χ0n) is 19.8. The highest BCUT2D eigenvalue weighted by Crippen LogP contribution is 2.44. The summed E-state index contributed by atoms with van der Waals surface area (Å²) in [5.74, 6) is 2.31. The fourth-order valence-electron chi connectivity index (χ4n) is 6.39. The van der Waals surface area contributed by atoms with Crippen molar-refractivity contribution < 1.29 is 4.79 Å². The van der Waals surface area contributed by atoms with Gasteiger partial charge in [0.25, 0.3) is 5.56 Å². The van der Waals surface area contributed by atoms with Crippen LogP contribution < -0.4 is 5.56 Å². The van der Waals surface area contributed by atoms with Crippen LogP contribution in [-0.4, -0.2) is 40.4 Å². The van der Waals surface area contributed by atoms with Crippen molar-refractivity contribution in [2.45, 2.75) is 50.9 Å². The number of hydrogen-bond acceptors (Lipinski definition) is 4. The molecule has 0 N–H and O–H groups in total. The first-order chi connectivity index (χ1) is 16.4. The Morgan fingerprint density at radius 1 is 1.15 bits per heavy atom. The molecular formula is C28H30ClN3O2. The van der Waals surface area contributed by atoms with Crippen LogP contribution >= 0.6 is 11.6 Å². The van der Waals surface area contributed by atoms with Gasteiger partial charge in [-0.15, -0.1) is 0 Å². The molecule has 0 bridgehead atoms. The minimum absolute atomic E-state index is 0.258. The Hall–Kier alpha value is -2.50. The van der Waals surface area contributed by atoms with Crippen LogP contribution in [0.25, 0.3) is 16.6 Å². The zero-order chi connectivity index (χ0) is 23.6. The molecule has 2 fully saturated rings. The lowest BCUT2D eigenvalue weighted by Gasteiger charge is -2.39. The summed E-state index contributed by atoms with van der Waals surface area (Å²) >= 11 is 6.42. The van der Waals surface area contributed by atoms with E-state index in [1.54, 1.807) is 6.07 Å². The summed E-state index contributed by atoms with van der Waals surface area (Å²) < 4.78 is 2.15. The number of piperidine rings is 1. The van der Waals surface area contributed by atoms with E-state index in [2.05, 4.69) is 46.5 Å². The summed E-state index contributed by atoms with van der Waals surface area (Å²) in [5.41, 5.74) is 3.90. The molecule has 34 heavy (non-hydrogen) atoms. The van der Waals surface area contributed by atoms with Crippen molar-refractivity contribution in [2.75, 3.05) is 19.6 Å². The third kappa shape index (κ3) is 3.36. The maximum atomic E-state index is 12.8. The molecule has 1 aromatic heterocycles. The Balaban J connectivity index is 1.30. The van der Waals surface area contributed by atoms with E-state index in [9.17, 15) is 9.59 Å². The monoisotopic (exact) mass is 475 g/mol. The first-order valence-electron chi connectivity index (χ1n) is 12.4. The molecule has 0 radical (unpaired) electrons. The maximum absolute atomic E-state index is 12.8. The Bertz CT molecular complexity index is 1350. The third-order valence-corrected chi connectivity index (χ3v) is 8.72. The Labute approximate surface area is 204 Å². The number of nitrogens with zero attached hydrogens (tertiary/aromatic N) is 3. The van der Waals surface area contributed by atoms with E-state index < -0.39 is 0 Å². The van der Waals surface area contributed by atoms with Crippen molar-refractivity contribution >= 4 is 28.8 Å². The summed E-state index contributed by atoms with van der Waals surface area (Å²) in [6, 6.07) is 12.5. The van der Waals surface area contributed by atoms with Gasteiger partial charge in [0.05, 0.1) is 27.0 Å². The SMILES string of the molecule is CC1(C)c2ccc(C3CCN(CC4CC(C=O)C4)CC3)cc2-n2c1nc(=O)c1c(Cl)cccc12. The van der Waals surface area contributed by atoms with Gasteiger partial charge in [-0.2, -0.15) is 4.98 Å². The number of carbonyl (C=O) groups is 1. The summed E-state index contributed by atoms with van der Waals surface area (Å²) in [7, 11) is 0. The number of hydrogen-bond donors (Lipinski definition) is 0. The van der Waals surface area contributed by atoms with Crippen LogP contribution in [0.1, 0.15) is 62.4 Å². The van der Waals surface area contributed by atoms with Crippen LogP contribution in [-0.2, 0) is 10.2 Å². The van der Waals surface area contributed by atoms with Gasteiger partial charge in [0.1, 0.15) is 12.1 Å². The molecular weight excluding hydrogens is 446 g/mol. The largest absolute Gasteiger partial charge is 0.303 e. The number of rotatable bonds is 4. The van der Waals surface area contributed by atoms with Gasteiger partial charge in [-0.25, -0.2) is 0 Å². The molecule has 0 spiro atoms. The lowest BCUT2D eigenvalue weighted by Crippen LogP contribution is -2.40. The fraction of sp³-hybridized carbons (Fsp3) is 0.464. The second-order valence-corrected chi connectivity index (χ2v) is 11.3. The number of fused-ring (bicyclic) bond motifs is 5. The van der Waals surface area contributed by atoms with Crippen LogP contribution in [0.4, 0.5) is 0 Å². The highest BCUT2D eigenvalue weighted by atomic mass is 35.5. The Kier molecular flexibility index (Phi) is 5.19. The average Bonchev–Trinajstić information content (AvgIpc) is 3.02. The van der Waals surface area contributed by atoms with Gasteiger partial charge in [-0.05, 0) is 93.8 Å². The molecule has 2 aromatic carbocycles. The molecule has 1 saturated carbocycles. The number of halogens is 1. The minimum Gasteiger partial charge on any atom is -0.303 e. The van der Waals surface area contributed by atoms with Crippen LogP contribution in [0, 0.1) is 11.8 Å². The molecule has 5 nitrogen and oxygen atoms in total. The summed E-state index contributed by atoms with van der Waals surface area (Å²) in [6.07, 6.45) is 5.55. The molecule has 6 heteroatoms. The second kappa shape index (κ2) is 8.03. The molecule has 1 saturated heterocycles. The molecule has 3 aliphatic rings. The number of aldehydes is 1. The highest BCUT2D eigenvalue weighted by molar-refractivity contribution is 6.35. The molecule has 0 atom stereocenters. The van der Waals surface area contributed by atoms with Gasteiger partial charge in [-0.3, -0.25) is 9.36 Å². The smallest absolute Gasteiger partial charge is 0.282 e. The highest BCUT2D eigenvalue weighted by Gasteiger charge is 2.39. The predicted molar refractivity (Wildman–Crippen MR) is 135 cm³/mol. The Morgan fingerprint density at radius 2 is 1.91 bits per heavy atom. The van der Waals surface area contributed by atoms with Crippen molar-refractivity contribution in [2.24, 2.45) is 11.8 Å². The summed E-state index contributed by atoms with van der Waals surface area (Å²) in [5, 5.41) is 0.939. The van der Waals surface area contributed by atoms with E-state index in [1.807, 2.05) is 12.1 Å². The first-order valence-corrected chi connectivity index (χ1v) is 12.8. The molecule has 0 unspecified atom stereocenters. The van der Waals surface area contributed by atoms with Gasteiger partial charge >= 0.3 is 0 Å². The molecule has 3 aromatic rings. The van der Waals surface area contributed by atoms with E-state index in [0.29, 0.717) is 28.2 Å². The summed E-state index contributed by atoms with van der Waals surface area (Å²) in [6.45, 7) is 7.63. The van der Waals surface area contributed by atoms with Gasteiger partial charge in [-0.1, -0.05) is 29.8 Å². The van der Waals surface area contributed by atoms with E-state index in [-0.39, 0.29) is 11.0 Å². The lowest BCUT2D eigenvalue weighted by atomic mass is 9.75. The zero-order valence-corrected chi connectivity index (χ0v) is 20.5. The number of aromatic nitrogens is 2. The van der Waals surface area contributed by atoms with Crippen molar-refractivity contribution in [1.82, 2.24) is 14.5 Å². The number of carbonyl (C=O) groups excluding carboxylic acids is 1. The molecule has 176 valence electrons. The molecule has 2 aliphatic heterocycles. The Morgan fingerprint density at radius 3 is 2.65 bits per heavy atom. The third-order valence-electron chi connectivity index (χ3n) is 8.40. The molecule has 3 heterocycles. The lowest BCUT2D eigenvalue weighted by molar-refractivity contribution is -0.114. The van der Waals surface area contributed by atoms with Gasteiger partial charge in [0, 0.05) is 12.5 Å². The molecule has 0 amide bonds.